The summed E-state index contributed by atoms with van der Waals surface area (Å²) in [6.07, 6.45) is 7.15. The molecule has 0 aromatic heterocycles. The molecule has 0 radical (unpaired) electrons. The largest absolute Gasteiger partial charge is 0.381 e. The first-order chi connectivity index (χ1) is 11.2. The van der Waals surface area contributed by atoms with Crippen molar-refractivity contribution in [3.63, 3.8) is 0 Å². The fourth-order valence-corrected chi connectivity index (χ4v) is 4.44. The molecule has 0 bridgehead atoms. The van der Waals surface area contributed by atoms with Crippen LogP contribution in [0.3, 0.4) is 0 Å². The van der Waals surface area contributed by atoms with E-state index in [1.165, 1.54) is 0 Å². The van der Waals surface area contributed by atoms with Gasteiger partial charge in [0.2, 0.25) is 5.91 Å². The Morgan fingerprint density at radius 2 is 1.48 bits per heavy atom. The number of carbonyl (C=O) groups is 1. The van der Waals surface area contributed by atoms with Crippen molar-refractivity contribution in [2.24, 2.45) is 5.92 Å². The highest BCUT2D eigenvalue weighted by molar-refractivity contribution is 5.79. The monoisotopic (exact) mass is 323 g/mol. The van der Waals surface area contributed by atoms with E-state index in [0.29, 0.717) is 18.1 Å². The molecule has 1 amide bonds. The highest BCUT2D eigenvalue weighted by atomic mass is 16.5. The highest BCUT2D eigenvalue weighted by Crippen LogP contribution is 2.25. The first-order valence-electron chi connectivity index (χ1n) is 9.41. The van der Waals surface area contributed by atoms with Crippen molar-refractivity contribution in [2.45, 2.75) is 50.7 Å². The van der Waals surface area contributed by atoms with Crippen molar-refractivity contribution in [3.05, 3.63) is 0 Å². The molecule has 3 rings (SSSR count). The van der Waals surface area contributed by atoms with E-state index in [1.807, 2.05) is 7.11 Å². The minimum Gasteiger partial charge on any atom is -0.381 e. The van der Waals surface area contributed by atoms with Gasteiger partial charge in [-0.3, -0.25) is 4.79 Å². The van der Waals surface area contributed by atoms with Gasteiger partial charge in [0, 0.05) is 45.2 Å². The van der Waals surface area contributed by atoms with Crippen LogP contribution < -0.4 is 0 Å². The van der Waals surface area contributed by atoms with Crippen LogP contribution in [0.1, 0.15) is 38.5 Å². The van der Waals surface area contributed by atoms with E-state index in [-0.39, 0.29) is 5.92 Å². The molecule has 5 nitrogen and oxygen atoms in total. The second-order valence-electron chi connectivity index (χ2n) is 7.61. The van der Waals surface area contributed by atoms with E-state index >= 15 is 0 Å². The van der Waals surface area contributed by atoms with Crippen molar-refractivity contribution in [2.75, 3.05) is 53.4 Å². The van der Waals surface area contributed by atoms with Crippen molar-refractivity contribution < 1.29 is 9.53 Å². The number of ether oxygens (including phenoxy) is 1. The minimum absolute atomic E-state index is 0.278. The van der Waals surface area contributed by atoms with Gasteiger partial charge in [-0.05, 0) is 58.7 Å². The zero-order valence-electron chi connectivity index (χ0n) is 14.9. The lowest BCUT2D eigenvalue weighted by Crippen LogP contribution is -2.51. The molecular weight excluding hydrogens is 290 g/mol. The van der Waals surface area contributed by atoms with Crippen LogP contribution in [0.25, 0.3) is 0 Å². The second-order valence-corrected chi connectivity index (χ2v) is 7.61. The van der Waals surface area contributed by atoms with Gasteiger partial charge in [0.1, 0.15) is 0 Å². The van der Waals surface area contributed by atoms with Gasteiger partial charge in [-0.25, -0.2) is 0 Å². The number of methoxy groups -OCH3 is 1. The Morgan fingerprint density at radius 3 is 2.04 bits per heavy atom. The maximum absolute atomic E-state index is 12.7. The molecule has 3 heterocycles. The lowest BCUT2D eigenvalue weighted by atomic mass is 9.93. The van der Waals surface area contributed by atoms with Crippen LogP contribution in [0.2, 0.25) is 0 Å². The summed E-state index contributed by atoms with van der Waals surface area (Å²) < 4.78 is 5.47. The Kier molecular flexibility index (Phi) is 5.94. The van der Waals surface area contributed by atoms with Crippen LogP contribution in [0.15, 0.2) is 0 Å². The maximum Gasteiger partial charge on any atom is 0.225 e. The van der Waals surface area contributed by atoms with Crippen molar-refractivity contribution >= 4 is 5.91 Å². The zero-order chi connectivity index (χ0) is 16.2. The molecule has 0 N–H and O–H groups in total. The van der Waals surface area contributed by atoms with E-state index < -0.39 is 0 Å². The fourth-order valence-electron chi connectivity index (χ4n) is 4.44. The molecule has 3 aliphatic rings. The summed E-state index contributed by atoms with van der Waals surface area (Å²) in [5.41, 5.74) is 0. The number of amides is 1. The van der Waals surface area contributed by atoms with Gasteiger partial charge in [-0.2, -0.15) is 0 Å². The van der Waals surface area contributed by atoms with Crippen molar-refractivity contribution in [3.8, 4) is 0 Å². The Balaban J connectivity index is 1.42. The molecule has 5 heteroatoms. The molecule has 0 spiro atoms. The summed E-state index contributed by atoms with van der Waals surface area (Å²) >= 11 is 0. The van der Waals surface area contributed by atoms with Gasteiger partial charge in [-0.1, -0.05) is 0 Å². The Bertz CT molecular complexity index is 380. The number of hydrogen-bond donors (Lipinski definition) is 0. The summed E-state index contributed by atoms with van der Waals surface area (Å²) in [5.74, 6) is 0.704. The van der Waals surface area contributed by atoms with Crippen LogP contribution in [0.5, 0.6) is 0 Å². The summed E-state index contributed by atoms with van der Waals surface area (Å²) in [4.78, 5) is 19.8. The summed E-state index contributed by atoms with van der Waals surface area (Å²) in [5, 5.41) is 0. The van der Waals surface area contributed by atoms with Crippen LogP contribution in [0.4, 0.5) is 0 Å². The van der Waals surface area contributed by atoms with Crippen LogP contribution in [-0.4, -0.2) is 86.2 Å². The number of hydrogen-bond acceptors (Lipinski definition) is 4. The molecule has 3 saturated heterocycles. The first-order valence-corrected chi connectivity index (χ1v) is 9.41. The standard InChI is InChI=1S/C18H33N3O2/c1-19-9-3-15(4-10-19)18(22)21-11-5-16(6-12-21)20-13-7-17(23-2)8-14-20/h15-17H,3-14H2,1-2H3. The smallest absolute Gasteiger partial charge is 0.225 e. The lowest BCUT2D eigenvalue weighted by molar-refractivity contribution is -0.138. The van der Waals surface area contributed by atoms with Gasteiger partial charge in [0.05, 0.1) is 6.10 Å². The van der Waals surface area contributed by atoms with Crippen LogP contribution in [-0.2, 0) is 9.53 Å². The summed E-state index contributed by atoms with van der Waals surface area (Å²) in [6.45, 7) is 6.38. The minimum atomic E-state index is 0.278. The molecule has 3 fully saturated rings. The number of rotatable bonds is 3. The lowest BCUT2D eigenvalue weighted by Gasteiger charge is -2.42. The highest BCUT2D eigenvalue weighted by Gasteiger charge is 2.32. The summed E-state index contributed by atoms with van der Waals surface area (Å²) in [6, 6.07) is 0.675. The molecule has 0 atom stereocenters. The topological polar surface area (TPSA) is 36.0 Å². The van der Waals surface area contributed by atoms with Gasteiger partial charge in [-0.15, -0.1) is 0 Å². The van der Waals surface area contributed by atoms with E-state index in [4.69, 9.17) is 4.74 Å². The van der Waals surface area contributed by atoms with Crippen LogP contribution >= 0.6 is 0 Å². The van der Waals surface area contributed by atoms with E-state index in [2.05, 4.69) is 21.7 Å². The number of piperidine rings is 3. The molecule has 0 unspecified atom stereocenters. The average Bonchev–Trinajstić information content (AvgIpc) is 2.62. The number of carbonyl (C=O) groups excluding carboxylic acids is 1. The van der Waals surface area contributed by atoms with Gasteiger partial charge >= 0.3 is 0 Å². The molecule has 0 aromatic carbocycles. The Hall–Kier alpha value is -0.650. The average molecular weight is 323 g/mol. The molecule has 0 aliphatic carbocycles. The van der Waals surface area contributed by atoms with Crippen LogP contribution in [0, 0.1) is 5.92 Å². The van der Waals surface area contributed by atoms with E-state index in [0.717, 1.165) is 77.8 Å². The Morgan fingerprint density at radius 1 is 0.870 bits per heavy atom. The molecule has 3 aliphatic heterocycles. The fraction of sp³-hybridized carbons (Fsp3) is 0.944. The Labute approximate surface area is 140 Å². The molecule has 23 heavy (non-hydrogen) atoms. The normalized spacial score (nSPS) is 27.5. The summed E-state index contributed by atoms with van der Waals surface area (Å²) in [7, 11) is 3.98. The zero-order valence-corrected chi connectivity index (χ0v) is 14.9. The van der Waals surface area contributed by atoms with Crippen molar-refractivity contribution in [1.82, 2.24) is 14.7 Å². The third kappa shape index (κ3) is 4.25. The second kappa shape index (κ2) is 7.95. The molecule has 0 saturated carbocycles. The van der Waals surface area contributed by atoms with E-state index in [9.17, 15) is 4.79 Å². The molecule has 132 valence electrons. The van der Waals surface area contributed by atoms with Gasteiger partial charge in [0.25, 0.3) is 0 Å². The quantitative estimate of drug-likeness (QED) is 0.787. The predicted molar refractivity (Wildman–Crippen MR) is 91.4 cm³/mol. The number of nitrogens with zero attached hydrogens (tertiary/aromatic N) is 3. The van der Waals surface area contributed by atoms with Crippen molar-refractivity contribution in [1.29, 1.82) is 0 Å². The van der Waals surface area contributed by atoms with E-state index in [1.54, 1.807) is 0 Å². The van der Waals surface area contributed by atoms with Gasteiger partial charge in [0.15, 0.2) is 0 Å². The number of likely N-dealkylation sites (tertiary alicyclic amines) is 3. The third-order valence-electron chi connectivity index (χ3n) is 6.17. The predicted octanol–water partition coefficient (Wildman–Crippen LogP) is 1.43. The molecular formula is C18H33N3O2. The third-order valence-corrected chi connectivity index (χ3v) is 6.17. The van der Waals surface area contributed by atoms with Gasteiger partial charge < -0.3 is 19.4 Å². The maximum atomic E-state index is 12.7. The molecule has 0 aromatic rings. The SMILES string of the molecule is COC1CCN(C2CCN(C(=O)C3CCN(C)CC3)CC2)CC1. The first kappa shape index (κ1) is 17.2.